The third-order valence-corrected chi connectivity index (χ3v) is 3.76. The minimum Gasteiger partial charge on any atom is -0.497 e. The molecule has 1 N–H and O–H groups in total. The third-order valence-electron chi connectivity index (χ3n) is 3.76. The molecule has 1 amide bonds. The number of carbonyl (C=O) groups is 1. The van der Waals surface area contributed by atoms with Gasteiger partial charge in [0.15, 0.2) is 0 Å². The Balaban J connectivity index is 2.00. The van der Waals surface area contributed by atoms with E-state index in [1.807, 2.05) is 18.2 Å². The summed E-state index contributed by atoms with van der Waals surface area (Å²) in [5, 5.41) is 2.95. The molecule has 1 fully saturated rings. The molecule has 1 aliphatic heterocycles. The maximum atomic E-state index is 11.9. The lowest BCUT2D eigenvalue weighted by molar-refractivity contribution is -0.118. The van der Waals surface area contributed by atoms with Gasteiger partial charge in [0.2, 0.25) is 5.91 Å². The Morgan fingerprint density at radius 1 is 1.38 bits per heavy atom. The summed E-state index contributed by atoms with van der Waals surface area (Å²) in [5.74, 6) is 1.58. The molecule has 0 bridgehead atoms. The number of hydrogen-bond donors (Lipinski definition) is 1. The molecule has 2 aliphatic rings. The minimum absolute atomic E-state index is 0.0545. The molecule has 1 aliphatic carbocycles. The Bertz CT molecular complexity index is 438. The lowest BCUT2D eigenvalue weighted by Gasteiger charge is -2.30. The van der Waals surface area contributed by atoms with Crippen LogP contribution in [0.15, 0.2) is 18.2 Å². The van der Waals surface area contributed by atoms with Crippen molar-refractivity contribution < 1.29 is 9.53 Å². The van der Waals surface area contributed by atoms with Crippen molar-refractivity contribution in [3.05, 3.63) is 23.8 Å². The fraction of sp³-hybridized carbons (Fsp3) is 0.462. The summed E-state index contributed by atoms with van der Waals surface area (Å²) in [6.07, 6.45) is 3.61. The van der Waals surface area contributed by atoms with E-state index in [0.717, 1.165) is 17.0 Å². The van der Waals surface area contributed by atoms with Gasteiger partial charge in [-0.1, -0.05) is 6.42 Å². The van der Waals surface area contributed by atoms with Gasteiger partial charge in [-0.15, -0.1) is 0 Å². The van der Waals surface area contributed by atoms with Gasteiger partial charge in [-0.25, -0.2) is 0 Å². The Labute approximate surface area is 94.8 Å². The summed E-state index contributed by atoms with van der Waals surface area (Å²) < 4.78 is 5.22. The van der Waals surface area contributed by atoms with Crippen LogP contribution in [0.3, 0.4) is 0 Å². The number of rotatable bonds is 2. The molecule has 0 spiro atoms. The van der Waals surface area contributed by atoms with Crippen molar-refractivity contribution in [2.45, 2.75) is 25.2 Å². The van der Waals surface area contributed by atoms with Gasteiger partial charge in [0.1, 0.15) is 5.75 Å². The van der Waals surface area contributed by atoms with Gasteiger partial charge in [0.25, 0.3) is 0 Å². The van der Waals surface area contributed by atoms with Gasteiger partial charge in [-0.05, 0) is 42.5 Å². The zero-order valence-corrected chi connectivity index (χ0v) is 9.32. The highest BCUT2D eigenvalue weighted by molar-refractivity contribution is 6.03. The Morgan fingerprint density at radius 3 is 2.81 bits per heavy atom. The van der Waals surface area contributed by atoms with Crippen LogP contribution in [0, 0.1) is 5.92 Å². The molecular formula is C13H15NO2. The van der Waals surface area contributed by atoms with Crippen molar-refractivity contribution in [1.29, 1.82) is 0 Å². The first kappa shape index (κ1) is 9.70. The molecule has 0 saturated heterocycles. The fourth-order valence-corrected chi connectivity index (χ4v) is 2.63. The quantitative estimate of drug-likeness (QED) is 0.826. The second-order valence-corrected chi connectivity index (χ2v) is 4.61. The topological polar surface area (TPSA) is 38.3 Å². The Kier molecular flexibility index (Phi) is 2.13. The number of ether oxygens (including phenoxy) is 1. The first-order valence-corrected chi connectivity index (χ1v) is 5.78. The van der Waals surface area contributed by atoms with Crippen LogP contribution in [0.5, 0.6) is 5.75 Å². The van der Waals surface area contributed by atoms with Gasteiger partial charge < -0.3 is 10.1 Å². The molecule has 0 aromatic heterocycles. The van der Waals surface area contributed by atoms with E-state index in [-0.39, 0.29) is 11.8 Å². The van der Waals surface area contributed by atoms with Crippen molar-refractivity contribution in [1.82, 2.24) is 0 Å². The van der Waals surface area contributed by atoms with Crippen LogP contribution in [-0.4, -0.2) is 13.0 Å². The van der Waals surface area contributed by atoms with Crippen molar-refractivity contribution in [3.8, 4) is 5.75 Å². The highest BCUT2D eigenvalue weighted by atomic mass is 16.5. The van der Waals surface area contributed by atoms with Crippen LogP contribution in [0.25, 0.3) is 0 Å². The number of amides is 1. The molecule has 1 aromatic rings. The molecule has 3 heteroatoms. The van der Waals surface area contributed by atoms with Crippen molar-refractivity contribution in [3.63, 3.8) is 0 Å². The first-order valence-electron chi connectivity index (χ1n) is 5.78. The van der Waals surface area contributed by atoms with E-state index < -0.39 is 0 Å². The maximum absolute atomic E-state index is 11.9. The monoisotopic (exact) mass is 217 g/mol. The van der Waals surface area contributed by atoms with Gasteiger partial charge in [0, 0.05) is 5.69 Å². The molecule has 3 rings (SSSR count). The Hall–Kier alpha value is -1.51. The highest BCUT2D eigenvalue weighted by Crippen LogP contribution is 2.46. The molecule has 1 heterocycles. The van der Waals surface area contributed by atoms with E-state index in [9.17, 15) is 4.79 Å². The zero-order valence-electron chi connectivity index (χ0n) is 9.32. The van der Waals surface area contributed by atoms with Crippen LogP contribution < -0.4 is 10.1 Å². The van der Waals surface area contributed by atoms with E-state index >= 15 is 0 Å². The molecule has 3 nitrogen and oxygen atoms in total. The Morgan fingerprint density at radius 2 is 2.19 bits per heavy atom. The molecule has 84 valence electrons. The summed E-state index contributed by atoms with van der Waals surface area (Å²) in [6, 6.07) is 5.82. The highest BCUT2D eigenvalue weighted by Gasteiger charge is 2.39. The number of anilines is 1. The van der Waals surface area contributed by atoms with E-state index in [4.69, 9.17) is 4.74 Å². The smallest absolute Gasteiger partial charge is 0.232 e. The predicted molar refractivity (Wildman–Crippen MR) is 61.7 cm³/mol. The molecule has 1 atom stereocenters. The fourth-order valence-electron chi connectivity index (χ4n) is 2.63. The number of nitrogens with one attached hydrogen (secondary N) is 1. The van der Waals surface area contributed by atoms with Crippen molar-refractivity contribution >= 4 is 11.6 Å². The van der Waals surface area contributed by atoms with Crippen molar-refractivity contribution in [2.24, 2.45) is 5.92 Å². The van der Waals surface area contributed by atoms with E-state index in [2.05, 4.69) is 5.32 Å². The third kappa shape index (κ3) is 1.31. The van der Waals surface area contributed by atoms with Crippen LogP contribution in [0.1, 0.15) is 30.7 Å². The number of methoxy groups -OCH3 is 1. The summed E-state index contributed by atoms with van der Waals surface area (Å²) in [4.78, 5) is 11.9. The molecule has 16 heavy (non-hydrogen) atoms. The maximum Gasteiger partial charge on any atom is 0.232 e. The second kappa shape index (κ2) is 3.51. The minimum atomic E-state index is 0.0545. The molecule has 1 saturated carbocycles. The average molecular weight is 217 g/mol. The van der Waals surface area contributed by atoms with Gasteiger partial charge in [-0.2, -0.15) is 0 Å². The van der Waals surface area contributed by atoms with Crippen LogP contribution in [-0.2, 0) is 4.79 Å². The number of hydrogen-bond acceptors (Lipinski definition) is 2. The summed E-state index contributed by atoms with van der Waals surface area (Å²) in [7, 11) is 1.66. The summed E-state index contributed by atoms with van der Waals surface area (Å²) in [5.41, 5.74) is 2.08. The number of fused-ring (bicyclic) bond motifs is 1. The molecule has 0 radical (unpaired) electrons. The summed E-state index contributed by atoms with van der Waals surface area (Å²) >= 11 is 0. The number of carbonyl (C=O) groups excluding carboxylic acids is 1. The largest absolute Gasteiger partial charge is 0.497 e. The van der Waals surface area contributed by atoms with E-state index in [0.29, 0.717) is 5.92 Å². The van der Waals surface area contributed by atoms with E-state index in [1.54, 1.807) is 7.11 Å². The second-order valence-electron chi connectivity index (χ2n) is 4.61. The normalized spacial score (nSPS) is 23.6. The first-order chi connectivity index (χ1) is 7.79. The van der Waals surface area contributed by atoms with Crippen molar-refractivity contribution in [2.75, 3.05) is 12.4 Å². The van der Waals surface area contributed by atoms with Gasteiger partial charge in [0.05, 0.1) is 13.0 Å². The molecule has 1 unspecified atom stereocenters. The van der Waals surface area contributed by atoms with Gasteiger partial charge in [-0.3, -0.25) is 4.79 Å². The lowest BCUT2D eigenvalue weighted by Crippen LogP contribution is -2.25. The average Bonchev–Trinajstić information content (AvgIpc) is 2.53. The zero-order chi connectivity index (χ0) is 11.1. The SMILES string of the molecule is COc1ccc2c(c1)C(C1CCC1)C(=O)N2. The van der Waals surface area contributed by atoms with E-state index in [1.165, 1.54) is 19.3 Å². The standard InChI is InChI=1S/C13H15NO2/c1-16-9-5-6-11-10(7-9)12(13(15)14-11)8-3-2-4-8/h5-8,12H,2-4H2,1H3,(H,14,15). The van der Waals surface area contributed by atoms with Crippen LogP contribution in [0.2, 0.25) is 0 Å². The lowest BCUT2D eigenvalue weighted by atomic mass is 9.73. The van der Waals surface area contributed by atoms with Crippen LogP contribution >= 0.6 is 0 Å². The van der Waals surface area contributed by atoms with Gasteiger partial charge >= 0.3 is 0 Å². The molecular weight excluding hydrogens is 202 g/mol. The number of benzene rings is 1. The summed E-state index contributed by atoms with van der Waals surface area (Å²) in [6.45, 7) is 0. The predicted octanol–water partition coefficient (Wildman–Crippen LogP) is 2.53. The molecule has 1 aromatic carbocycles. The van der Waals surface area contributed by atoms with Crippen LogP contribution in [0.4, 0.5) is 5.69 Å².